The number of nitrogens with zero attached hydrogens (tertiary/aromatic N) is 1. The predicted molar refractivity (Wildman–Crippen MR) is 63.2 cm³/mol. The molecule has 0 aliphatic carbocycles. The minimum absolute atomic E-state index is 0.326. The summed E-state index contributed by atoms with van der Waals surface area (Å²) in [4.78, 5) is 2.42. The molecule has 0 radical (unpaired) electrons. The summed E-state index contributed by atoms with van der Waals surface area (Å²) in [7, 11) is 0. The lowest BCUT2D eigenvalue weighted by atomic mass is 10.1. The Morgan fingerprint density at radius 3 is 2.73 bits per heavy atom. The van der Waals surface area contributed by atoms with Gasteiger partial charge in [-0.2, -0.15) is 0 Å². The Balaban J connectivity index is 1.98. The van der Waals surface area contributed by atoms with Gasteiger partial charge in [-0.25, -0.2) is 0 Å². The van der Waals surface area contributed by atoms with Crippen LogP contribution in [0.3, 0.4) is 0 Å². The number of aliphatic hydroxyl groups excluding tert-OH is 1. The van der Waals surface area contributed by atoms with Crippen LogP contribution in [0.25, 0.3) is 0 Å². The monoisotopic (exact) mass is 205 g/mol. The van der Waals surface area contributed by atoms with Crippen LogP contribution >= 0.6 is 0 Å². The molecule has 82 valence electrons. The van der Waals surface area contributed by atoms with Crippen molar-refractivity contribution < 1.29 is 5.11 Å². The van der Waals surface area contributed by atoms with Crippen LogP contribution in [0.2, 0.25) is 0 Å². The van der Waals surface area contributed by atoms with E-state index in [2.05, 4.69) is 36.1 Å². The fraction of sp³-hybridized carbons (Fsp3) is 0.538. The summed E-state index contributed by atoms with van der Waals surface area (Å²) in [5.41, 5.74) is 2.63. The second-order valence-corrected chi connectivity index (χ2v) is 4.45. The largest absolute Gasteiger partial charge is 0.396 e. The molecular weight excluding hydrogens is 186 g/mol. The van der Waals surface area contributed by atoms with E-state index in [4.69, 9.17) is 5.11 Å². The van der Waals surface area contributed by atoms with Crippen molar-refractivity contribution in [2.75, 3.05) is 24.6 Å². The molecule has 0 amide bonds. The topological polar surface area (TPSA) is 23.5 Å². The van der Waals surface area contributed by atoms with Crippen molar-refractivity contribution in [1.82, 2.24) is 0 Å². The van der Waals surface area contributed by atoms with Crippen LogP contribution in [-0.4, -0.2) is 24.8 Å². The van der Waals surface area contributed by atoms with Crippen LogP contribution in [0, 0.1) is 12.8 Å². The highest BCUT2D eigenvalue weighted by Gasteiger charge is 2.21. The molecule has 0 bridgehead atoms. The maximum atomic E-state index is 8.90. The number of anilines is 1. The molecule has 2 nitrogen and oxygen atoms in total. The molecule has 0 saturated carbocycles. The van der Waals surface area contributed by atoms with Gasteiger partial charge in [0.15, 0.2) is 0 Å². The number of aryl methyl sites for hydroxylation is 1. The first-order valence-electron chi connectivity index (χ1n) is 5.72. The number of aliphatic hydroxyl groups is 1. The highest BCUT2D eigenvalue weighted by Crippen LogP contribution is 2.25. The summed E-state index contributed by atoms with van der Waals surface area (Å²) in [6.07, 6.45) is 2.16. The third-order valence-electron chi connectivity index (χ3n) is 3.22. The first-order chi connectivity index (χ1) is 7.29. The van der Waals surface area contributed by atoms with Gasteiger partial charge >= 0.3 is 0 Å². The Morgan fingerprint density at radius 2 is 2.07 bits per heavy atom. The standard InChI is InChI=1S/C13H19NO/c1-11-2-4-13(5-3-11)14-8-6-12(10-14)7-9-15/h2-5,12,15H,6-10H2,1H3. The van der Waals surface area contributed by atoms with E-state index in [0.29, 0.717) is 12.5 Å². The van der Waals surface area contributed by atoms with Crippen LogP contribution < -0.4 is 4.90 Å². The zero-order valence-electron chi connectivity index (χ0n) is 9.32. The first kappa shape index (κ1) is 10.5. The van der Waals surface area contributed by atoms with E-state index in [-0.39, 0.29) is 0 Å². The fourth-order valence-corrected chi connectivity index (χ4v) is 2.24. The molecule has 1 saturated heterocycles. The molecule has 1 aliphatic rings. The average molecular weight is 205 g/mol. The molecule has 0 aromatic heterocycles. The maximum absolute atomic E-state index is 8.90. The zero-order valence-corrected chi connectivity index (χ0v) is 9.32. The van der Waals surface area contributed by atoms with Crippen molar-refractivity contribution in [1.29, 1.82) is 0 Å². The molecule has 1 fully saturated rings. The lowest BCUT2D eigenvalue weighted by Gasteiger charge is -2.18. The van der Waals surface area contributed by atoms with Gasteiger partial charge in [-0.15, -0.1) is 0 Å². The zero-order chi connectivity index (χ0) is 10.7. The minimum atomic E-state index is 0.326. The van der Waals surface area contributed by atoms with Crippen molar-refractivity contribution in [3.63, 3.8) is 0 Å². The number of hydrogen-bond donors (Lipinski definition) is 1. The minimum Gasteiger partial charge on any atom is -0.396 e. The Labute approximate surface area is 91.5 Å². The lowest BCUT2D eigenvalue weighted by molar-refractivity contribution is 0.263. The van der Waals surface area contributed by atoms with Gasteiger partial charge in [0.25, 0.3) is 0 Å². The van der Waals surface area contributed by atoms with Gasteiger partial charge in [0.2, 0.25) is 0 Å². The third-order valence-corrected chi connectivity index (χ3v) is 3.22. The lowest BCUT2D eigenvalue weighted by Crippen LogP contribution is -2.19. The van der Waals surface area contributed by atoms with E-state index in [1.807, 2.05) is 0 Å². The molecule has 1 N–H and O–H groups in total. The molecular formula is C13H19NO. The number of rotatable bonds is 3. The summed E-state index contributed by atoms with van der Waals surface area (Å²) in [6, 6.07) is 8.71. The Hall–Kier alpha value is -1.02. The smallest absolute Gasteiger partial charge is 0.0434 e. The Bertz CT molecular complexity index is 307. The van der Waals surface area contributed by atoms with Gasteiger partial charge < -0.3 is 10.0 Å². The van der Waals surface area contributed by atoms with E-state index < -0.39 is 0 Å². The van der Waals surface area contributed by atoms with Gasteiger partial charge in [0, 0.05) is 25.4 Å². The molecule has 1 aromatic carbocycles. The second-order valence-electron chi connectivity index (χ2n) is 4.45. The van der Waals surface area contributed by atoms with E-state index in [1.165, 1.54) is 17.7 Å². The van der Waals surface area contributed by atoms with Crippen LogP contribution in [-0.2, 0) is 0 Å². The summed E-state index contributed by atoms with van der Waals surface area (Å²) in [5.74, 6) is 0.677. The predicted octanol–water partition coefficient (Wildman–Crippen LogP) is 2.20. The number of benzene rings is 1. The van der Waals surface area contributed by atoms with Gasteiger partial charge in [-0.05, 0) is 37.8 Å². The molecule has 1 aromatic rings. The van der Waals surface area contributed by atoms with Crippen molar-refractivity contribution in [2.45, 2.75) is 19.8 Å². The highest BCUT2D eigenvalue weighted by atomic mass is 16.3. The molecule has 2 rings (SSSR count). The van der Waals surface area contributed by atoms with Crippen LogP contribution in [0.15, 0.2) is 24.3 Å². The highest BCUT2D eigenvalue weighted by molar-refractivity contribution is 5.48. The van der Waals surface area contributed by atoms with Gasteiger partial charge in [-0.1, -0.05) is 17.7 Å². The number of hydrogen-bond acceptors (Lipinski definition) is 2. The van der Waals surface area contributed by atoms with E-state index in [1.54, 1.807) is 0 Å². The summed E-state index contributed by atoms with van der Waals surface area (Å²) in [6.45, 7) is 4.67. The average Bonchev–Trinajstić information content (AvgIpc) is 2.68. The fourth-order valence-electron chi connectivity index (χ4n) is 2.24. The molecule has 1 atom stereocenters. The molecule has 1 aliphatic heterocycles. The van der Waals surface area contributed by atoms with Gasteiger partial charge in [0.1, 0.15) is 0 Å². The third kappa shape index (κ3) is 2.51. The Kier molecular flexibility index (Phi) is 3.27. The maximum Gasteiger partial charge on any atom is 0.0434 e. The van der Waals surface area contributed by atoms with Crippen molar-refractivity contribution in [3.05, 3.63) is 29.8 Å². The first-order valence-corrected chi connectivity index (χ1v) is 5.72. The molecule has 15 heavy (non-hydrogen) atoms. The van der Waals surface area contributed by atoms with Gasteiger partial charge in [0.05, 0.1) is 0 Å². The van der Waals surface area contributed by atoms with Crippen molar-refractivity contribution >= 4 is 5.69 Å². The summed E-state index contributed by atoms with van der Waals surface area (Å²) < 4.78 is 0. The van der Waals surface area contributed by atoms with Crippen molar-refractivity contribution in [3.8, 4) is 0 Å². The molecule has 2 heteroatoms. The van der Waals surface area contributed by atoms with Crippen LogP contribution in [0.1, 0.15) is 18.4 Å². The molecule has 1 unspecified atom stereocenters. The quantitative estimate of drug-likeness (QED) is 0.817. The summed E-state index contributed by atoms with van der Waals surface area (Å²) in [5, 5.41) is 8.90. The summed E-state index contributed by atoms with van der Waals surface area (Å²) >= 11 is 0. The van der Waals surface area contributed by atoms with Crippen LogP contribution in [0.5, 0.6) is 0 Å². The van der Waals surface area contributed by atoms with E-state index in [9.17, 15) is 0 Å². The SMILES string of the molecule is Cc1ccc(N2CCC(CCO)C2)cc1. The van der Waals surface area contributed by atoms with E-state index >= 15 is 0 Å². The van der Waals surface area contributed by atoms with Crippen LogP contribution in [0.4, 0.5) is 5.69 Å². The molecule has 0 spiro atoms. The van der Waals surface area contributed by atoms with Gasteiger partial charge in [-0.3, -0.25) is 0 Å². The molecule has 1 heterocycles. The van der Waals surface area contributed by atoms with Crippen molar-refractivity contribution in [2.24, 2.45) is 5.92 Å². The normalized spacial score (nSPS) is 20.9. The van der Waals surface area contributed by atoms with E-state index in [0.717, 1.165) is 19.5 Å². The Morgan fingerprint density at radius 1 is 1.33 bits per heavy atom. The second kappa shape index (κ2) is 4.67.